The first-order valence-corrected chi connectivity index (χ1v) is 7.50. The van der Waals surface area contributed by atoms with E-state index in [-0.39, 0.29) is 0 Å². The van der Waals surface area contributed by atoms with Gasteiger partial charge >= 0.3 is 0 Å². The fourth-order valence-corrected chi connectivity index (χ4v) is 3.17. The molecule has 1 aliphatic rings. The van der Waals surface area contributed by atoms with Gasteiger partial charge in [-0.2, -0.15) is 0 Å². The van der Waals surface area contributed by atoms with Crippen LogP contribution in [0.25, 0.3) is 0 Å². The Morgan fingerprint density at radius 2 is 1.84 bits per heavy atom. The van der Waals surface area contributed by atoms with Crippen molar-refractivity contribution in [3.63, 3.8) is 0 Å². The van der Waals surface area contributed by atoms with Crippen LogP contribution >= 0.6 is 12.2 Å². The maximum Gasteiger partial charge on any atom is 0.173 e. The molecule has 3 heteroatoms. The first kappa shape index (κ1) is 14.3. The van der Waals surface area contributed by atoms with Gasteiger partial charge in [0.1, 0.15) is 0 Å². The number of piperidine rings is 1. The molecule has 19 heavy (non-hydrogen) atoms. The third kappa shape index (κ3) is 3.47. The number of thiocarbonyl (C=S) groups is 1. The van der Waals surface area contributed by atoms with Gasteiger partial charge in [0.25, 0.3) is 0 Å². The SMILES string of the molecule is Cc1cccc(NC(=S)N2C[C@H](C)C[C@H](C)C2)c1C. The van der Waals surface area contributed by atoms with Crippen molar-refractivity contribution in [2.45, 2.75) is 34.1 Å². The number of nitrogens with zero attached hydrogens (tertiary/aromatic N) is 1. The maximum atomic E-state index is 5.58. The van der Waals surface area contributed by atoms with Crippen LogP contribution in [-0.4, -0.2) is 23.1 Å². The van der Waals surface area contributed by atoms with Crippen molar-refractivity contribution in [3.8, 4) is 0 Å². The van der Waals surface area contributed by atoms with E-state index in [0.717, 1.165) is 35.7 Å². The van der Waals surface area contributed by atoms with Crippen LogP contribution in [0.2, 0.25) is 0 Å². The summed E-state index contributed by atoms with van der Waals surface area (Å²) in [5, 5.41) is 4.29. The van der Waals surface area contributed by atoms with E-state index in [4.69, 9.17) is 12.2 Å². The number of hydrogen-bond acceptors (Lipinski definition) is 1. The summed E-state index contributed by atoms with van der Waals surface area (Å²) in [5.41, 5.74) is 3.71. The number of aryl methyl sites for hydroxylation is 1. The van der Waals surface area contributed by atoms with E-state index in [1.165, 1.54) is 17.5 Å². The highest BCUT2D eigenvalue weighted by molar-refractivity contribution is 7.80. The van der Waals surface area contributed by atoms with Crippen molar-refractivity contribution in [3.05, 3.63) is 29.3 Å². The molecule has 2 atom stereocenters. The number of anilines is 1. The molecule has 2 nitrogen and oxygen atoms in total. The molecular weight excluding hydrogens is 252 g/mol. The van der Waals surface area contributed by atoms with Gasteiger partial charge in [-0.05, 0) is 61.5 Å². The molecule has 1 fully saturated rings. The van der Waals surface area contributed by atoms with E-state index in [0.29, 0.717) is 0 Å². The lowest BCUT2D eigenvalue weighted by Gasteiger charge is -2.36. The summed E-state index contributed by atoms with van der Waals surface area (Å²) >= 11 is 5.58. The zero-order chi connectivity index (χ0) is 14.0. The molecule has 2 rings (SSSR count). The Kier molecular flexibility index (Phi) is 4.46. The minimum Gasteiger partial charge on any atom is -0.348 e. The minimum atomic E-state index is 0.724. The number of rotatable bonds is 1. The topological polar surface area (TPSA) is 15.3 Å². The third-order valence-corrected chi connectivity index (χ3v) is 4.36. The second-order valence-electron chi connectivity index (χ2n) is 6.03. The molecule has 1 heterocycles. The van der Waals surface area contributed by atoms with Crippen LogP contribution in [0, 0.1) is 25.7 Å². The Morgan fingerprint density at radius 1 is 1.21 bits per heavy atom. The summed E-state index contributed by atoms with van der Waals surface area (Å²) in [7, 11) is 0. The van der Waals surface area contributed by atoms with Crippen LogP contribution in [0.5, 0.6) is 0 Å². The van der Waals surface area contributed by atoms with Gasteiger partial charge in [0.05, 0.1) is 0 Å². The lowest BCUT2D eigenvalue weighted by molar-refractivity contribution is 0.216. The van der Waals surface area contributed by atoms with Crippen molar-refractivity contribution < 1.29 is 0 Å². The zero-order valence-corrected chi connectivity index (χ0v) is 13.2. The first-order valence-electron chi connectivity index (χ1n) is 7.09. The molecule has 0 amide bonds. The van der Waals surface area contributed by atoms with Crippen molar-refractivity contribution in [1.29, 1.82) is 0 Å². The van der Waals surface area contributed by atoms with Crippen molar-refractivity contribution in [2.75, 3.05) is 18.4 Å². The molecule has 104 valence electrons. The van der Waals surface area contributed by atoms with E-state index >= 15 is 0 Å². The van der Waals surface area contributed by atoms with Gasteiger partial charge in [-0.3, -0.25) is 0 Å². The van der Waals surface area contributed by atoms with E-state index in [9.17, 15) is 0 Å². The number of hydrogen-bond donors (Lipinski definition) is 1. The van der Waals surface area contributed by atoms with E-state index < -0.39 is 0 Å². The number of nitrogens with one attached hydrogen (secondary N) is 1. The average Bonchev–Trinajstić information content (AvgIpc) is 2.33. The van der Waals surface area contributed by atoms with E-state index in [2.05, 4.69) is 56.1 Å². The fraction of sp³-hybridized carbons (Fsp3) is 0.562. The fourth-order valence-electron chi connectivity index (χ4n) is 2.91. The molecule has 0 saturated carbocycles. The quantitative estimate of drug-likeness (QED) is 0.781. The molecule has 1 saturated heterocycles. The number of likely N-dealkylation sites (tertiary alicyclic amines) is 1. The Bertz CT molecular complexity index is 460. The first-order chi connectivity index (χ1) is 8.97. The van der Waals surface area contributed by atoms with Gasteiger partial charge < -0.3 is 10.2 Å². The van der Waals surface area contributed by atoms with Crippen LogP contribution < -0.4 is 5.32 Å². The van der Waals surface area contributed by atoms with Gasteiger partial charge in [-0.25, -0.2) is 0 Å². The zero-order valence-electron chi connectivity index (χ0n) is 12.4. The molecule has 0 radical (unpaired) electrons. The number of benzene rings is 1. The predicted molar refractivity (Wildman–Crippen MR) is 86.7 cm³/mol. The smallest absolute Gasteiger partial charge is 0.173 e. The largest absolute Gasteiger partial charge is 0.348 e. The summed E-state index contributed by atoms with van der Waals surface area (Å²) in [6.07, 6.45) is 1.31. The van der Waals surface area contributed by atoms with Gasteiger partial charge in [-0.1, -0.05) is 26.0 Å². The lowest BCUT2D eigenvalue weighted by atomic mass is 9.92. The monoisotopic (exact) mass is 276 g/mol. The van der Waals surface area contributed by atoms with Gasteiger partial charge in [0.15, 0.2) is 5.11 Å². The van der Waals surface area contributed by atoms with Crippen molar-refractivity contribution in [2.24, 2.45) is 11.8 Å². The second-order valence-corrected chi connectivity index (χ2v) is 6.42. The van der Waals surface area contributed by atoms with Crippen LogP contribution in [0.3, 0.4) is 0 Å². The highest BCUT2D eigenvalue weighted by Gasteiger charge is 2.23. The van der Waals surface area contributed by atoms with Crippen LogP contribution in [0.1, 0.15) is 31.4 Å². The third-order valence-electron chi connectivity index (χ3n) is 4.00. The molecule has 1 aromatic rings. The molecule has 0 aliphatic carbocycles. The summed E-state index contributed by atoms with van der Waals surface area (Å²) in [5.74, 6) is 1.45. The van der Waals surface area contributed by atoms with Crippen molar-refractivity contribution in [1.82, 2.24) is 4.90 Å². The van der Waals surface area contributed by atoms with E-state index in [1.807, 2.05) is 0 Å². The predicted octanol–water partition coefficient (Wildman–Crippen LogP) is 3.98. The van der Waals surface area contributed by atoms with Gasteiger partial charge in [0.2, 0.25) is 0 Å². The standard InChI is InChI=1S/C16H24N2S/c1-11-8-12(2)10-18(9-11)16(19)17-15-7-5-6-13(3)14(15)4/h5-7,11-12H,8-10H2,1-4H3,(H,17,19)/t11-,12+. The molecule has 0 spiro atoms. The molecule has 1 aromatic carbocycles. The Hall–Kier alpha value is -1.09. The summed E-state index contributed by atoms with van der Waals surface area (Å²) in [6.45, 7) is 11.0. The molecular formula is C16H24N2S. The Morgan fingerprint density at radius 3 is 2.47 bits per heavy atom. The highest BCUT2D eigenvalue weighted by Crippen LogP contribution is 2.23. The Balaban J connectivity index is 2.06. The molecule has 0 aromatic heterocycles. The van der Waals surface area contributed by atoms with Gasteiger partial charge in [-0.15, -0.1) is 0 Å². The average molecular weight is 276 g/mol. The van der Waals surface area contributed by atoms with Crippen LogP contribution in [-0.2, 0) is 0 Å². The molecule has 1 N–H and O–H groups in total. The normalized spacial score (nSPS) is 23.3. The van der Waals surface area contributed by atoms with Crippen molar-refractivity contribution >= 4 is 23.0 Å². The van der Waals surface area contributed by atoms with E-state index in [1.54, 1.807) is 0 Å². The molecule has 0 unspecified atom stereocenters. The maximum absolute atomic E-state index is 5.58. The summed E-state index contributed by atoms with van der Waals surface area (Å²) < 4.78 is 0. The van der Waals surface area contributed by atoms with Crippen LogP contribution in [0.4, 0.5) is 5.69 Å². The second kappa shape index (κ2) is 5.91. The summed E-state index contributed by atoms with van der Waals surface area (Å²) in [6, 6.07) is 6.31. The summed E-state index contributed by atoms with van der Waals surface area (Å²) in [4.78, 5) is 2.32. The lowest BCUT2D eigenvalue weighted by Crippen LogP contribution is -2.44. The van der Waals surface area contributed by atoms with Gasteiger partial charge in [0, 0.05) is 18.8 Å². The van der Waals surface area contributed by atoms with Crippen LogP contribution in [0.15, 0.2) is 18.2 Å². The molecule has 0 bridgehead atoms. The highest BCUT2D eigenvalue weighted by atomic mass is 32.1. The Labute approximate surface area is 122 Å². The molecule has 1 aliphatic heterocycles. The minimum absolute atomic E-state index is 0.724.